The fraction of sp³-hybridized carbons (Fsp3) is 0.375. The molecule has 0 spiro atoms. The van der Waals surface area contributed by atoms with E-state index in [2.05, 4.69) is 20.9 Å². The summed E-state index contributed by atoms with van der Waals surface area (Å²) in [7, 11) is 0. The number of thiophene rings is 1. The van der Waals surface area contributed by atoms with E-state index in [1.54, 1.807) is 11.1 Å². The molecule has 2 aliphatic heterocycles. The van der Waals surface area contributed by atoms with Gasteiger partial charge in [-0.1, -0.05) is 6.07 Å². The average Bonchev–Trinajstić information content (AvgIpc) is 3.17. The number of anilines is 3. The minimum atomic E-state index is -0.303. The number of rotatable bonds is 5. The van der Waals surface area contributed by atoms with Crippen molar-refractivity contribution in [1.29, 1.82) is 0 Å². The SMILES string of the molecule is O=C(N[C@@H]1CCCNC1)c1sc2nccc3c2c1NC(=O)N3c1cccc(OC2CCC2)c1. The Kier molecular flexibility index (Phi) is 5.15. The van der Waals surface area contributed by atoms with E-state index in [-0.39, 0.29) is 24.1 Å². The van der Waals surface area contributed by atoms with Crippen LogP contribution in [0.1, 0.15) is 41.8 Å². The van der Waals surface area contributed by atoms with E-state index >= 15 is 0 Å². The molecule has 170 valence electrons. The Bertz CT molecular complexity index is 1230. The zero-order valence-electron chi connectivity index (χ0n) is 18.1. The van der Waals surface area contributed by atoms with Crippen molar-refractivity contribution in [1.82, 2.24) is 15.6 Å². The summed E-state index contributed by atoms with van der Waals surface area (Å²) in [5.41, 5.74) is 1.98. The molecule has 0 bridgehead atoms. The second kappa shape index (κ2) is 8.31. The first kappa shape index (κ1) is 20.4. The zero-order valence-corrected chi connectivity index (χ0v) is 18.9. The van der Waals surface area contributed by atoms with Gasteiger partial charge in [-0.25, -0.2) is 9.78 Å². The highest BCUT2D eigenvalue weighted by Gasteiger charge is 2.33. The summed E-state index contributed by atoms with van der Waals surface area (Å²) in [6, 6.07) is 9.21. The van der Waals surface area contributed by atoms with Crippen LogP contribution in [0.2, 0.25) is 0 Å². The first-order chi connectivity index (χ1) is 16.2. The first-order valence-corrected chi connectivity index (χ1v) is 12.3. The summed E-state index contributed by atoms with van der Waals surface area (Å²) in [5, 5.41) is 10.2. The summed E-state index contributed by atoms with van der Waals surface area (Å²) in [6.45, 7) is 1.74. The smallest absolute Gasteiger partial charge is 0.331 e. The molecule has 8 nitrogen and oxygen atoms in total. The van der Waals surface area contributed by atoms with Crippen LogP contribution in [0, 0.1) is 0 Å². The molecule has 1 atom stereocenters. The van der Waals surface area contributed by atoms with Gasteiger partial charge in [0.15, 0.2) is 0 Å². The van der Waals surface area contributed by atoms with Gasteiger partial charge in [-0.15, -0.1) is 11.3 Å². The number of carbonyl (C=O) groups is 2. The molecule has 3 aromatic rings. The van der Waals surface area contributed by atoms with Crippen molar-refractivity contribution in [3.63, 3.8) is 0 Å². The van der Waals surface area contributed by atoms with E-state index < -0.39 is 0 Å². The van der Waals surface area contributed by atoms with E-state index in [0.29, 0.717) is 21.9 Å². The van der Waals surface area contributed by atoms with Crippen LogP contribution in [-0.4, -0.2) is 42.2 Å². The Balaban J connectivity index is 1.35. The van der Waals surface area contributed by atoms with Gasteiger partial charge >= 0.3 is 6.03 Å². The summed E-state index contributed by atoms with van der Waals surface area (Å²) in [4.78, 5) is 33.7. The fourth-order valence-electron chi connectivity index (χ4n) is 4.60. The van der Waals surface area contributed by atoms with Crippen molar-refractivity contribution >= 4 is 50.6 Å². The van der Waals surface area contributed by atoms with Crippen LogP contribution < -0.4 is 25.6 Å². The number of hydrogen-bond donors (Lipinski definition) is 3. The maximum Gasteiger partial charge on any atom is 0.331 e. The molecule has 0 radical (unpaired) electrons. The third-order valence-electron chi connectivity index (χ3n) is 6.52. The highest BCUT2D eigenvalue weighted by molar-refractivity contribution is 7.21. The van der Waals surface area contributed by atoms with Gasteiger partial charge in [0.05, 0.1) is 28.6 Å². The molecule has 2 aromatic heterocycles. The van der Waals surface area contributed by atoms with Gasteiger partial charge in [-0.2, -0.15) is 0 Å². The molecule has 1 aliphatic carbocycles. The largest absolute Gasteiger partial charge is 0.490 e. The normalized spacial score (nSPS) is 20.3. The third-order valence-corrected chi connectivity index (χ3v) is 7.61. The molecule has 6 rings (SSSR count). The van der Waals surface area contributed by atoms with Crippen molar-refractivity contribution in [2.45, 2.75) is 44.2 Å². The van der Waals surface area contributed by atoms with Gasteiger partial charge in [0, 0.05) is 24.8 Å². The van der Waals surface area contributed by atoms with Crippen molar-refractivity contribution < 1.29 is 14.3 Å². The minimum absolute atomic E-state index is 0.0882. The maximum atomic E-state index is 13.3. The summed E-state index contributed by atoms with van der Waals surface area (Å²) >= 11 is 1.31. The Morgan fingerprint density at radius 3 is 2.91 bits per heavy atom. The third kappa shape index (κ3) is 3.71. The average molecular weight is 464 g/mol. The zero-order chi connectivity index (χ0) is 22.4. The molecule has 3 aliphatic rings. The number of amides is 3. The number of piperidine rings is 1. The molecule has 4 heterocycles. The second-order valence-electron chi connectivity index (χ2n) is 8.77. The van der Waals surface area contributed by atoms with E-state index in [4.69, 9.17) is 4.74 Å². The predicted octanol–water partition coefficient (Wildman–Crippen LogP) is 4.39. The van der Waals surface area contributed by atoms with Gasteiger partial charge in [0.1, 0.15) is 15.5 Å². The summed E-state index contributed by atoms with van der Waals surface area (Å²) < 4.78 is 6.04. The van der Waals surface area contributed by atoms with Gasteiger partial charge in [0.25, 0.3) is 5.91 Å². The molecule has 1 aromatic carbocycles. The highest BCUT2D eigenvalue weighted by Crippen LogP contribution is 2.46. The van der Waals surface area contributed by atoms with Crippen molar-refractivity contribution in [2.75, 3.05) is 23.3 Å². The number of urea groups is 1. The topological polar surface area (TPSA) is 95.6 Å². The van der Waals surface area contributed by atoms with Crippen LogP contribution in [0.15, 0.2) is 36.5 Å². The Hall–Kier alpha value is -3.17. The first-order valence-electron chi connectivity index (χ1n) is 11.5. The fourth-order valence-corrected chi connectivity index (χ4v) is 5.63. The van der Waals surface area contributed by atoms with E-state index in [9.17, 15) is 9.59 Å². The molecule has 9 heteroatoms. The number of pyridine rings is 1. The number of carbonyl (C=O) groups excluding carboxylic acids is 2. The molecular formula is C24H25N5O3S. The van der Waals surface area contributed by atoms with Crippen LogP contribution >= 0.6 is 11.3 Å². The lowest BCUT2D eigenvalue weighted by Crippen LogP contribution is -2.45. The predicted molar refractivity (Wildman–Crippen MR) is 129 cm³/mol. The lowest BCUT2D eigenvalue weighted by Gasteiger charge is -2.30. The molecule has 1 saturated carbocycles. The van der Waals surface area contributed by atoms with Gasteiger partial charge in [-0.05, 0) is 56.8 Å². The lowest BCUT2D eigenvalue weighted by molar-refractivity contribution is 0.0935. The van der Waals surface area contributed by atoms with Gasteiger partial charge < -0.3 is 20.7 Å². The van der Waals surface area contributed by atoms with E-state index in [1.807, 2.05) is 30.3 Å². The molecule has 3 N–H and O–H groups in total. The number of benzene rings is 1. The minimum Gasteiger partial charge on any atom is -0.490 e. The van der Waals surface area contributed by atoms with Gasteiger partial charge in [0.2, 0.25) is 0 Å². The lowest BCUT2D eigenvalue weighted by atomic mass is 9.96. The van der Waals surface area contributed by atoms with Crippen LogP contribution in [-0.2, 0) is 0 Å². The van der Waals surface area contributed by atoms with Crippen molar-refractivity contribution in [2.24, 2.45) is 0 Å². The van der Waals surface area contributed by atoms with E-state index in [0.717, 1.165) is 54.7 Å². The number of ether oxygens (including phenoxy) is 1. The molecular weight excluding hydrogens is 438 g/mol. The molecule has 1 saturated heterocycles. The quantitative estimate of drug-likeness (QED) is 0.522. The second-order valence-corrected chi connectivity index (χ2v) is 9.77. The molecule has 3 amide bonds. The van der Waals surface area contributed by atoms with Crippen molar-refractivity contribution in [3.05, 3.63) is 41.4 Å². The molecule has 2 fully saturated rings. The maximum absolute atomic E-state index is 13.3. The summed E-state index contributed by atoms with van der Waals surface area (Å²) in [6.07, 6.45) is 7.26. The molecule has 33 heavy (non-hydrogen) atoms. The standard InChI is InChI=1S/C24H25N5O3S/c30-22(27-14-4-3-10-25-13-14)21-20-19-18(9-11-26-23(19)33-21)29(24(31)28-20)15-5-1-8-17(12-15)32-16-6-2-7-16/h1,5,8-9,11-12,14,16,25H,2-4,6-7,10,13H2,(H,27,30)(H,28,31)/t14-/m1/s1. The monoisotopic (exact) mass is 463 g/mol. The van der Waals surface area contributed by atoms with Gasteiger partial charge in [-0.3, -0.25) is 9.69 Å². The van der Waals surface area contributed by atoms with Crippen LogP contribution in [0.4, 0.5) is 21.9 Å². The van der Waals surface area contributed by atoms with Crippen LogP contribution in [0.3, 0.4) is 0 Å². The highest BCUT2D eigenvalue weighted by atomic mass is 32.1. The number of nitrogens with zero attached hydrogens (tertiary/aromatic N) is 2. The Labute approximate surface area is 195 Å². The van der Waals surface area contributed by atoms with Crippen LogP contribution in [0.25, 0.3) is 10.2 Å². The number of hydrogen-bond acceptors (Lipinski definition) is 6. The number of aromatic nitrogens is 1. The van der Waals surface area contributed by atoms with Crippen LogP contribution in [0.5, 0.6) is 5.75 Å². The number of nitrogens with one attached hydrogen (secondary N) is 3. The molecule has 0 unspecified atom stereocenters. The summed E-state index contributed by atoms with van der Waals surface area (Å²) in [5.74, 6) is 0.588. The Morgan fingerprint density at radius 1 is 1.21 bits per heavy atom. The Morgan fingerprint density at radius 2 is 2.12 bits per heavy atom. The van der Waals surface area contributed by atoms with E-state index in [1.165, 1.54) is 17.8 Å². The van der Waals surface area contributed by atoms with Crippen molar-refractivity contribution in [3.8, 4) is 5.75 Å².